The van der Waals surface area contributed by atoms with Crippen LogP contribution in [-0.2, 0) is 19.1 Å². The number of rotatable bonds is 6. The van der Waals surface area contributed by atoms with Crippen LogP contribution in [0.3, 0.4) is 0 Å². The molecule has 0 bridgehead atoms. The predicted octanol–water partition coefficient (Wildman–Crippen LogP) is 2.29. The van der Waals surface area contributed by atoms with Gasteiger partial charge >= 0.3 is 11.7 Å². The molecule has 1 heterocycles. The molecule has 0 saturated carbocycles. The Labute approximate surface area is 140 Å². The topological polar surface area (TPSA) is 112 Å². The van der Waals surface area contributed by atoms with Crippen molar-refractivity contribution in [3.63, 3.8) is 0 Å². The van der Waals surface area contributed by atoms with Gasteiger partial charge in [0.1, 0.15) is 5.41 Å². The van der Waals surface area contributed by atoms with E-state index in [1.54, 1.807) is 13.8 Å². The summed E-state index contributed by atoms with van der Waals surface area (Å²) in [5, 5.41) is 19.6. The van der Waals surface area contributed by atoms with E-state index in [-0.39, 0.29) is 32.4 Å². The highest BCUT2D eigenvalue weighted by Crippen LogP contribution is 2.42. The van der Waals surface area contributed by atoms with Crippen LogP contribution in [0.15, 0.2) is 24.1 Å². The van der Waals surface area contributed by atoms with Gasteiger partial charge in [0.25, 0.3) is 0 Å². The van der Waals surface area contributed by atoms with Crippen molar-refractivity contribution in [1.29, 1.82) is 5.39 Å². The number of diazo groups is 1. The molecule has 0 radical (unpaired) electrons. The Bertz CT molecular complexity index is 620. The number of likely N-dealkylation sites (tertiary alicyclic amines) is 1. The maximum absolute atomic E-state index is 12.8. The second-order valence-electron chi connectivity index (χ2n) is 5.40. The second-order valence-corrected chi connectivity index (χ2v) is 5.40. The van der Waals surface area contributed by atoms with Gasteiger partial charge in [0.2, 0.25) is 23.0 Å². The van der Waals surface area contributed by atoms with E-state index in [4.69, 9.17) is 10.1 Å². The molecule has 1 N–H and O–H groups in total. The number of aliphatic hydroxyl groups excluding tert-OH is 1. The Morgan fingerprint density at radius 1 is 1.50 bits per heavy atom. The fraction of sp³-hybridized carbons (Fsp3) is 0.562. The lowest BCUT2D eigenvalue weighted by Gasteiger charge is -2.38. The fourth-order valence-electron chi connectivity index (χ4n) is 2.80. The van der Waals surface area contributed by atoms with Gasteiger partial charge in [0.15, 0.2) is 4.98 Å². The van der Waals surface area contributed by atoms with E-state index in [1.807, 2.05) is 0 Å². The van der Waals surface area contributed by atoms with E-state index in [1.165, 1.54) is 6.08 Å². The predicted molar refractivity (Wildman–Crippen MR) is 84.9 cm³/mol. The molecule has 0 aromatic rings. The highest BCUT2D eigenvalue weighted by Gasteiger charge is 2.53. The monoisotopic (exact) mass is 336 g/mol. The summed E-state index contributed by atoms with van der Waals surface area (Å²) < 4.78 is 4.73. The number of aliphatic hydroxyl groups is 1. The van der Waals surface area contributed by atoms with Crippen molar-refractivity contribution in [2.24, 2.45) is 5.41 Å². The Balaban J connectivity index is 3.35. The zero-order valence-electron chi connectivity index (χ0n) is 13.9. The number of amides is 2. The SMILES string of the molecule is C=CCC(=O)N1CCCC(CC)(/C(O)=C(\[N+]#N)C(=O)OCC)C1=O. The van der Waals surface area contributed by atoms with Gasteiger partial charge in [-0.25, -0.2) is 4.79 Å². The van der Waals surface area contributed by atoms with Crippen LogP contribution in [0.2, 0.25) is 0 Å². The van der Waals surface area contributed by atoms with E-state index in [0.717, 1.165) is 4.90 Å². The molecule has 0 aliphatic carbocycles. The number of hydrogen-bond donors (Lipinski definition) is 1. The van der Waals surface area contributed by atoms with E-state index < -0.39 is 34.7 Å². The molecule has 1 saturated heterocycles. The molecule has 1 fully saturated rings. The number of carbonyl (C=O) groups excluding carboxylic acids is 3. The summed E-state index contributed by atoms with van der Waals surface area (Å²) >= 11 is 0. The Morgan fingerprint density at radius 2 is 2.17 bits per heavy atom. The summed E-state index contributed by atoms with van der Waals surface area (Å²) in [7, 11) is 0. The van der Waals surface area contributed by atoms with Crippen LogP contribution in [0.5, 0.6) is 0 Å². The number of piperidine rings is 1. The van der Waals surface area contributed by atoms with Crippen LogP contribution in [-0.4, -0.2) is 40.9 Å². The largest absolute Gasteiger partial charge is 0.506 e. The molecule has 8 heteroatoms. The molecule has 2 amide bonds. The van der Waals surface area contributed by atoms with Crippen molar-refractivity contribution in [3.8, 4) is 0 Å². The van der Waals surface area contributed by atoms with Crippen molar-refractivity contribution < 1.29 is 24.2 Å². The molecule has 8 nitrogen and oxygen atoms in total. The van der Waals surface area contributed by atoms with E-state index in [2.05, 4.69) is 11.6 Å². The lowest BCUT2D eigenvalue weighted by atomic mass is 9.74. The molecule has 0 aromatic carbocycles. The summed E-state index contributed by atoms with van der Waals surface area (Å²) in [6.45, 7) is 6.92. The normalized spacial score (nSPS) is 21.5. The van der Waals surface area contributed by atoms with E-state index in [9.17, 15) is 19.5 Å². The molecule has 1 aliphatic heterocycles. The molecule has 1 atom stereocenters. The first-order valence-corrected chi connectivity index (χ1v) is 7.81. The minimum atomic E-state index is -1.50. The summed E-state index contributed by atoms with van der Waals surface area (Å²) in [6.07, 6.45) is 2.19. The molecular weight excluding hydrogens is 314 g/mol. The van der Waals surface area contributed by atoms with Crippen LogP contribution < -0.4 is 0 Å². The standard InChI is InChI=1S/C16H21N3O5/c1-4-8-11(20)19-10-7-9-16(5-2,15(19)23)13(21)12(18-17)14(22)24-6-3/h4H,1,5-10H2,2-3H3/p+1. The van der Waals surface area contributed by atoms with Crippen LogP contribution in [0.25, 0.3) is 4.98 Å². The fourth-order valence-corrected chi connectivity index (χ4v) is 2.80. The van der Waals surface area contributed by atoms with Crippen LogP contribution in [0.1, 0.15) is 39.5 Å². The van der Waals surface area contributed by atoms with Gasteiger partial charge in [-0.3, -0.25) is 14.5 Å². The number of imide groups is 1. The van der Waals surface area contributed by atoms with E-state index >= 15 is 0 Å². The van der Waals surface area contributed by atoms with Gasteiger partial charge in [-0.2, -0.15) is 0 Å². The highest BCUT2D eigenvalue weighted by atomic mass is 16.5. The van der Waals surface area contributed by atoms with Crippen LogP contribution >= 0.6 is 0 Å². The van der Waals surface area contributed by atoms with Gasteiger partial charge in [-0.1, -0.05) is 13.0 Å². The second kappa shape index (κ2) is 8.24. The average Bonchev–Trinajstić information content (AvgIpc) is 2.56. The molecular formula is C16H22N3O5+. The van der Waals surface area contributed by atoms with Crippen molar-refractivity contribution in [1.82, 2.24) is 4.90 Å². The quantitative estimate of drug-likeness (QED) is 0.262. The van der Waals surface area contributed by atoms with E-state index in [0.29, 0.717) is 6.42 Å². The Hall–Kier alpha value is -2.69. The summed E-state index contributed by atoms with van der Waals surface area (Å²) in [6, 6.07) is 0. The zero-order valence-corrected chi connectivity index (χ0v) is 13.9. The van der Waals surface area contributed by atoms with Crippen molar-refractivity contribution >= 4 is 17.8 Å². The lowest BCUT2D eigenvalue weighted by Crippen LogP contribution is -2.52. The Kier molecular flexibility index (Phi) is 6.65. The summed E-state index contributed by atoms with van der Waals surface area (Å²) in [5.41, 5.74) is -2.21. The van der Waals surface area contributed by atoms with Crippen molar-refractivity contribution in [3.05, 3.63) is 29.1 Å². The van der Waals surface area contributed by atoms with Crippen molar-refractivity contribution in [2.45, 2.75) is 39.5 Å². The number of ether oxygens (including phenoxy) is 1. The molecule has 1 aliphatic rings. The number of carbonyl (C=O) groups is 3. The van der Waals surface area contributed by atoms with Crippen LogP contribution in [0, 0.1) is 10.8 Å². The van der Waals surface area contributed by atoms with Gasteiger partial charge in [-0.05, 0) is 26.2 Å². The number of esters is 1. The third-order valence-electron chi connectivity index (χ3n) is 4.11. The first kappa shape index (κ1) is 19.4. The van der Waals surface area contributed by atoms with Gasteiger partial charge in [0, 0.05) is 13.0 Å². The van der Waals surface area contributed by atoms with Crippen molar-refractivity contribution in [2.75, 3.05) is 13.2 Å². The van der Waals surface area contributed by atoms with Gasteiger partial charge in [0.05, 0.1) is 6.61 Å². The molecule has 1 rings (SSSR count). The third kappa shape index (κ3) is 3.45. The first-order chi connectivity index (χ1) is 11.4. The number of hydrogen-bond acceptors (Lipinski definition) is 6. The van der Waals surface area contributed by atoms with Gasteiger partial charge in [-0.15, -0.1) is 6.58 Å². The third-order valence-corrected chi connectivity index (χ3v) is 4.11. The number of nitrogens with zero attached hydrogens (tertiary/aromatic N) is 3. The minimum absolute atomic E-state index is 0.00881. The summed E-state index contributed by atoms with van der Waals surface area (Å²) in [5.74, 6) is -2.76. The smallest absolute Gasteiger partial charge is 0.504 e. The molecule has 0 spiro atoms. The first-order valence-electron chi connectivity index (χ1n) is 7.81. The van der Waals surface area contributed by atoms with Gasteiger partial charge < -0.3 is 9.84 Å². The average molecular weight is 336 g/mol. The molecule has 130 valence electrons. The molecule has 0 aromatic heterocycles. The maximum atomic E-state index is 12.8. The summed E-state index contributed by atoms with van der Waals surface area (Å²) in [4.78, 5) is 40.6. The minimum Gasteiger partial charge on any atom is -0.504 e. The van der Waals surface area contributed by atoms with Crippen LogP contribution in [0.4, 0.5) is 0 Å². The maximum Gasteiger partial charge on any atom is 0.506 e. The highest BCUT2D eigenvalue weighted by molar-refractivity contribution is 6.01. The lowest BCUT2D eigenvalue weighted by molar-refractivity contribution is -0.155. The molecule has 24 heavy (non-hydrogen) atoms. The Morgan fingerprint density at radius 3 is 2.67 bits per heavy atom. The zero-order chi connectivity index (χ0) is 18.3. The molecule has 1 unspecified atom stereocenters.